The molecule has 0 fully saturated rings. The zero-order chi connectivity index (χ0) is 15.1. The van der Waals surface area contributed by atoms with E-state index in [9.17, 15) is 9.90 Å². The summed E-state index contributed by atoms with van der Waals surface area (Å²) in [5.41, 5.74) is 3.74. The molecule has 0 amide bonds. The molecule has 2 heterocycles. The molecule has 0 radical (unpaired) electrons. The predicted molar refractivity (Wildman–Crippen MR) is 78.9 cm³/mol. The number of hydrogen-bond acceptors (Lipinski definition) is 3. The van der Waals surface area contributed by atoms with E-state index >= 15 is 0 Å². The number of aromatic nitrogens is 2. The lowest BCUT2D eigenvalue weighted by molar-refractivity contribution is 0.0683. The first-order chi connectivity index (χ1) is 10.0. The molecule has 0 saturated heterocycles. The molecule has 5 nitrogen and oxygen atoms in total. The summed E-state index contributed by atoms with van der Waals surface area (Å²) in [5.74, 6) is 0.222. The zero-order valence-corrected chi connectivity index (χ0v) is 12.4. The maximum atomic E-state index is 11.5. The quantitative estimate of drug-likeness (QED) is 0.922. The minimum absolute atomic E-state index is 0.247. The molecule has 0 aliphatic carbocycles. The Bertz CT molecular complexity index is 717. The first-order valence-corrected chi connectivity index (χ1v) is 7.06. The Kier molecular flexibility index (Phi) is 3.20. The van der Waals surface area contributed by atoms with Gasteiger partial charge in [0.05, 0.1) is 6.61 Å². The van der Waals surface area contributed by atoms with Crippen LogP contribution in [0.2, 0.25) is 0 Å². The summed E-state index contributed by atoms with van der Waals surface area (Å²) in [4.78, 5) is 11.5. The molecule has 2 aromatic rings. The average molecular weight is 286 g/mol. The smallest absolute Gasteiger partial charge is 0.354 e. The van der Waals surface area contributed by atoms with Gasteiger partial charge in [0.25, 0.3) is 0 Å². The van der Waals surface area contributed by atoms with E-state index in [1.54, 1.807) is 7.05 Å². The number of ether oxygens (including phenoxy) is 1. The summed E-state index contributed by atoms with van der Waals surface area (Å²) < 4.78 is 7.36. The number of aromatic carboxylic acids is 1. The number of fused-ring (bicyclic) bond motifs is 3. The maximum absolute atomic E-state index is 11.5. The van der Waals surface area contributed by atoms with Crippen molar-refractivity contribution in [1.82, 2.24) is 9.78 Å². The average Bonchev–Trinajstić information content (AvgIpc) is 2.65. The first-order valence-electron chi connectivity index (χ1n) is 7.06. The SMILES string of the molecule is CC(C)c1cccc2c1OCCc1c-2nn(C)c1C(=O)O. The molecule has 0 atom stereocenters. The minimum atomic E-state index is -0.949. The van der Waals surface area contributed by atoms with Gasteiger partial charge in [-0.3, -0.25) is 4.68 Å². The summed E-state index contributed by atoms with van der Waals surface area (Å²) >= 11 is 0. The Hall–Kier alpha value is -2.30. The second-order valence-corrected chi connectivity index (χ2v) is 5.58. The number of hydrogen-bond donors (Lipinski definition) is 1. The van der Waals surface area contributed by atoms with Crippen LogP contribution in [0.3, 0.4) is 0 Å². The maximum Gasteiger partial charge on any atom is 0.354 e. The zero-order valence-electron chi connectivity index (χ0n) is 12.4. The lowest BCUT2D eigenvalue weighted by Crippen LogP contribution is -2.10. The standard InChI is InChI=1S/C16H18N2O3/c1-9(2)10-5-4-6-12-13-11(7-8-21-15(10)12)14(16(19)20)18(3)17-13/h4-6,9H,7-8H2,1-3H3,(H,19,20). The largest absolute Gasteiger partial charge is 0.492 e. The fourth-order valence-corrected chi connectivity index (χ4v) is 2.90. The van der Waals surface area contributed by atoms with E-state index in [1.807, 2.05) is 12.1 Å². The Labute approximate surface area is 123 Å². The van der Waals surface area contributed by atoms with Gasteiger partial charge in [-0.05, 0) is 17.5 Å². The van der Waals surface area contributed by atoms with Crippen LogP contribution in [-0.2, 0) is 13.5 Å². The topological polar surface area (TPSA) is 64.4 Å². The van der Waals surface area contributed by atoms with E-state index in [1.165, 1.54) is 4.68 Å². The summed E-state index contributed by atoms with van der Waals surface area (Å²) in [6.45, 7) is 4.70. The van der Waals surface area contributed by atoms with Gasteiger partial charge < -0.3 is 9.84 Å². The van der Waals surface area contributed by atoms with Crippen LogP contribution >= 0.6 is 0 Å². The number of carboxylic acids is 1. The normalized spacial score (nSPS) is 13.3. The van der Waals surface area contributed by atoms with E-state index in [0.717, 1.165) is 28.1 Å². The van der Waals surface area contributed by atoms with E-state index in [2.05, 4.69) is 25.0 Å². The highest BCUT2D eigenvalue weighted by Crippen LogP contribution is 2.40. The number of carbonyl (C=O) groups is 1. The van der Waals surface area contributed by atoms with Crippen LogP contribution in [0, 0.1) is 0 Å². The highest BCUT2D eigenvalue weighted by molar-refractivity contribution is 5.91. The van der Waals surface area contributed by atoms with Crippen LogP contribution < -0.4 is 4.74 Å². The first kappa shape index (κ1) is 13.7. The van der Waals surface area contributed by atoms with Gasteiger partial charge >= 0.3 is 5.97 Å². The number of nitrogens with zero attached hydrogens (tertiary/aromatic N) is 2. The predicted octanol–water partition coefficient (Wildman–Crippen LogP) is 2.84. The van der Waals surface area contributed by atoms with Crippen molar-refractivity contribution in [2.24, 2.45) is 7.05 Å². The molecule has 1 aliphatic heterocycles. The molecule has 0 bridgehead atoms. The molecule has 5 heteroatoms. The molecule has 1 aliphatic rings. The molecule has 1 aromatic heterocycles. The molecule has 1 N–H and O–H groups in total. The summed E-state index contributed by atoms with van der Waals surface area (Å²) in [5, 5.41) is 13.8. The van der Waals surface area contributed by atoms with Crippen molar-refractivity contribution in [1.29, 1.82) is 0 Å². The highest BCUT2D eigenvalue weighted by atomic mass is 16.5. The van der Waals surface area contributed by atoms with Crippen LogP contribution in [-0.4, -0.2) is 27.5 Å². The summed E-state index contributed by atoms with van der Waals surface area (Å²) in [6.07, 6.45) is 0.553. The second-order valence-electron chi connectivity index (χ2n) is 5.58. The summed E-state index contributed by atoms with van der Waals surface area (Å²) in [7, 11) is 1.67. The van der Waals surface area contributed by atoms with E-state index in [0.29, 0.717) is 18.9 Å². The summed E-state index contributed by atoms with van der Waals surface area (Å²) in [6, 6.07) is 5.97. The molecule has 110 valence electrons. The molecule has 3 rings (SSSR count). The Morgan fingerprint density at radius 1 is 1.43 bits per heavy atom. The monoisotopic (exact) mass is 286 g/mol. The van der Waals surface area contributed by atoms with Gasteiger partial charge in [-0.1, -0.05) is 26.0 Å². The van der Waals surface area contributed by atoms with E-state index in [4.69, 9.17) is 4.74 Å². The van der Waals surface area contributed by atoms with Crippen molar-refractivity contribution < 1.29 is 14.6 Å². The third kappa shape index (κ3) is 2.09. The molecule has 0 unspecified atom stereocenters. The number of para-hydroxylation sites is 1. The van der Waals surface area contributed by atoms with Gasteiger partial charge in [-0.15, -0.1) is 0 Å². The van der Waals surface area contributed by atoms with Crippen LogP contribution in [0.5, 0.6) is 5.75 Å². The lowest BCUT2D eigenvalue weighted by atomic mass is 9.96. The van der Waals surface area contributed by atoms with Gasteiger partial charge in [0.1, 0.15) is 17.1 Å². The van der Waals surface area contributed by atoms with Gasteiger partial charge in [-0.2, -0.15) is 5.10 Å². The molecule has 0 saturated carbocycles. The van der Waals surface area contributed by atoms with Crippen molar-refractivity contribution in [2.75, 3.05) is 6.61 Å². The van der Waals surface area contributed by atoms with Crippen LogP contribution in [0.4, 0.5) is 0 Å². The second kappa shape index (κ2) is 4.91. The Morgan fingerprint density at radius 2 is 2.19 bits per heavy atom. The van der Waals surface area contributed by atoms with Gasteiger partial charge in [0.2, 0.25) is 0 Å². The van der Waals surface area contributed by atoms with Crippen molar-refractivity contribution in [3.8, 4) is 17.0 Å². The third-order valence-corrected chi connectivity index (χ3v) is 3.87. The van der Waals surface area contributed by atoms with Gasteiger partial charge in [-0.25, -0.2) is 4.79 Å². The molecule has 21 heavy (non-hydrogen) atoms. The van der Waals surface area contributed by atoms with E-state index in [-0.39, 0.29) is 5.69 Å². The molecular formula is C16H18N2O3. The van der Waals surface area contributed by atoms with E-state index < -0.39 is 5.97 Å². The van der Waals surface area contributed by atoms with Crippen LogP contribution in [0.15, 0.2) is 18.2 Å². The number of rotatable bonds is 2. The van der Waals surface area contributed by atoms with Crippen molar-refractivity contribution in [3.05, 3.63) is 35.0 Å². The van der Waals surface area contributed by atoms with Crippen molar-refractivity contribution in [3.63, 3.8) is 0 Å². The van der Waals surface area contributed by atoms with Gasteiger partial charge in [0.15, 0.2) is 0 Å². The number of benzene rings is 1. The van der Waals surface area contributed by atoms with Gasteiger partial charge in [0, 0.05) is 24.6 Å². The molecular weight excluding hydrogens is 268 g/mol. The lowest BCUT2D eigenvalue weighted by Gasteiger charge is -2.15. The van der Waals surface area contributed by atoms with Crippen molar-refractivity contribution in [2.45, 2.75) is 26.2 Å². The Balaban J connectivity index is 2.28. The van der Waals surface area contributed by atoms with Crippen molar-refractivity contribution >= 4 is 5.97 Å². The molecule has 0 spiro atoms. The highest BCUT2D eigenvalue weighted by Gasteiger charge is 2.27. The number of carboxylic acid groups (broad SMARTS) is 1. The fourth-order valence-electron chi connectivity index (χ4n) is 2.90. The minimum Gasteiger partial charge on any atom is -0.492 e. The number of aryl methyl sites for hydroxylation is 1. The molecule has 1 aromatic carbocycles. The third-order valence-electron chi connectivity index (χ3n) is 3.87. The van der Waals surface area contributed by atoms with Crippen LogP contribution in [0.25, 0.3) is 11.3 Å². The fraction of sp³-hybridized carbons (Fsp3) is 0.375. The van der Waals surface area contributed by atoms with Crippen LogP contribution in [0.1, 0.15) is 41.4 Å². The Morgan fingerprint density at radius 3 is 2.86 bits per heavy atom.